The second-order valence-electron chi connectivity index (χ2n) is 4.54. The van der Waals surface area contributed by atoms with Crippen molar-refractivity contribution in [2.45, 2.75) is 43.0 Å². The Kier molecular flexibility index (Phi) is 4.15. The fourth-order valence-corrected chi connectivity index (χ4v) is 3.94. The smallest absolute Gasteiger partial charge is 0.315 e. The van der Waals surface area contributed by atoms with Gasteiger partial charge >= 0.3 is 6.03 Å². The van der Waals surface area contributed by atoms with Crippen LogP contribution in [0.3, 0.4) is 0 Å². The quantitative estimate of drug-likeness (QED) is 0.515. The van der Waals surface area contributed by atoms with Gasteiger partial charge < -0.3 is 16.0 Å². The summed E-state index contributed by atoms with van der Waals surface area (Å²) in [6.45, 7) is 0. The molecule has 0 aliphatic carbocycles. The maximum atomic E-state index is 11.2. The van der Waals surface area contributed by atoms with Crippen molar-refractivity contribution in [3.8, 4) is 0 Å². The normalized spacial score (nSPS) is 30.6. The van der Waals surface area contributed by atoms with Crippen molar-refractivity contribution >= 4 is 23.7 Å². The summed E-state index contributed by atoms with van der Waals surface area (Å²) >= 11 is 1.92. The summed E-state index contributed by atoms with van der Waals surface area (Å²) in [5.74, 6) is 1.11. The first-order chi connectivity index (χ1) is 8.20. The molecular formula is C11H25N3O2S. The number of carbonyl (C=O) groups excluding carboxylic acids is 2. The summed E-state index contributed by atoms with van der Waals surface area (Å²) in [6, 6.07) is 0.555. The molecule has 3 atom stereocenters. The van der Waals surface area contributed by atoms with Crippen molar-refractivity contribution in [3.63, 3.8) is 0 Å². The van der Waals surface area contributed by atoms with E-state index in [4.69, 9.17) is 0 Å². The lowest BCUT2D eigenvalue weighted by Crippen LogP contribution is -2.36. The summed E-state index contributed by atoms with van der Waals surface area (Å²) in [5, 5.41) is 9.03. The second-order valence-corrected chi connectivity index (χ2v) is 5.81. The highest BCUT2D eigenvalue weighted by Crippen LogP contribution is 2.33. The van der Waals surface area contributed by atoms with Crippen LogP contribution in [0, 0.1) is 0 Å². The van der Waals surface area contributed by atoms with E-state index in [1.807, 2.05) is 11.8 Å². The second kappa shape index (κ2) is 5.62. The first-order valence-corrected chi connectivity index (χ1v) is 7.15. The molecule has 0 bridgehead atoms. The Morgan fingerprint density at radius 2 is 2.35 bits per heavy atom. The molecule has 5 nitrogen and oxygen atoms in total. The molecule has 3 amide bonds. The largest absolute Gasteiger partial charge is 0.359 e. The van der Waals surface area contributed by atoms with Crippen LogP contribution in [0.15, 0.2) is 0 Å². The molecule has 0 aromatic rings. The minimum atomic E-state index is -0.0318. The predicted octanol–water partition coefficient (Wildman–Crippen LogP) is 1.20. The Balaban J connectivity index is 0. The van der Waals surface area contributed by atoms with Crippen molar-refractivity contribution in [3.05, 3.63) is 0 Å². The van der Waals surface area contributed by atoms with Gasteiger partial charge in [0, 0.05) is 28.8 Å². The lowest BCUT2D eigenvalue weighted by molar-refractivity contribution is -0.120. The molecule has 0 aromatic heterocycles. The number of unbranched alkanes of at least 4 members (excludes halogenated alkanes) is 1. The standard InChI is InChI=1S/C11H19N3O2S.3H2/c1-12-9(15)5-3-2-4-8-10-7(6-17-8)13-11(16)14-10;;;/h7-8,10H,2-6H2,1H3,(H,12,15)(H2,13,14,16);3*1H/t7-,8-,10-;;;/m0.../s1. The molecule has 2 fully saturated rings. The number of nitrogens with one attached hydrogen (secondary N) is 3. The van der Waals surface area contributed by atoms with Gasteiger partial charge in [0.25, 0.3) is 0 Å². The van der Waals surface area contributed by atoms with Gasteiger partial charge in [0.05, 0.1) is 12.1 Å². The summed E-state index contributed by atoms with van der Waals surface area (Å²) in [5.41, 5.74) is 0. The molecule has 0 aromatic carbocycles. The van der Waals surface area contributed by atoms with Gasteiger partial charge in [-0.05, 0) is 12.8 Å². The van der Waals surface area contributed by atoms with Gasteiger partial charge in [0.1, 0.15) is 0 Å². The van der Waals surface area contributed by atoms with Crippen LogP contribution in [0.5, 0.6) is 0 Å². The molecule has 2 aliphatic rings. The number of hydrogen-bond donors (Lipinski definition) is 3. The Bertz CT molecular complexity index is 323. The van der Waals surface area contributed by atoms with Crippen LogP contribution in [0.4, 0.5) is 4.79 Å². The van der Waals surface area contributed by atoms with Crippen molar-refractivity contribution in [2.24, 2.45) is 0 Å². The number of urea groups is 1. The summed E-state index contributed by atoms with van der Waals surface area (Å²) < 4.78 is 0. The van der Waals surface area contributed by atoms with Gasteiger partial charge in [-0.2, -0.15) is 11.8 Å². The van der Waals surface area contributed by atoms with Crippen molar-refractivity contribution in [1.29, 1.82) is 0 Å². The fraction of sp³-hybridized carbons (Fsp3) is 0.818. The van der Waals surface area contributed by atoms with Gasteiger partial charge in [0.2, 0.25) is 5.91 Å². The average molecular weight is 263 g/mol. The summed E-state index contributed by atoms with van der Waals surface area (Å²) in [7, 11) is 1.67. The number of thioether (sulfide) groups is 1. The third-order valence-corrected chi connectivity index (χ3v) is 4.87. The maximum absolute atomic E-state index is 11.2. The highest BCUT2D eigenvalue weighted by atomic mass is 32.2. The lowest BCUT2D eigenvalue weighted by atomic mass is 10.0. The zero-order valence-corrected chi connectivity index (χ0v) is 10.8. The van der Waals surface area contributed by atoms with E-state index in [1.54, 1.807) is 7.05 Å². The van der Waals surface area contributed by atoms with E-state index in [9.17, 15) is 9.59 Å². The van der Waals surface area contributed by atoms with Gasteiger partial charge in [-0.15, -0.1) is 0 Å². The van der Waals surface area contributed by atoms with Crippen LogP contribution in [0.2, 0.25) is 0 Å². The molecular weight excluding hydrogens is 238 g/mol. The molecule has 0 saturated carbocycles. The van der Waals surface area contributed by atoms with Crippen LogP contribution < -0.4 is 16.0 Å². The van der Waals surface area contributed by atoms with Crippen LogP contribution in [-0.2, 0) is 4.79 Å². The van der Waals surface area contributed by atoms with E-state index < -0.39 is 0 Å². The number of rotatable bonds is 5. The van der Waals surface area contributed by atoms with Crippen LogP contribution in [-0.4, -0.2) is 42.1 Å². The number of fused-ring (bicyclic) bond motifs is 1. The van der Waals surface area contributed by atoms with E-state index in [0.717, 1.165) is 25.0 Å². The Morgan fingerprint density at radius 1 is 1.53 bits per heavy atom. The zero-order valence-electron chi connectivity index (χ0n) is 9.99. The van der Waals surface area contributed by atoms with Crippen LogP contribution in [0.25, 0.3) is 0 Å². The number of hydrogen-bond acceptors (Lipinski definition) is 3. The Labute approximate surface area is 110 Å². The van der Waals surface area contributed by atoms with E-state index in [1.165, 1.54) is 0 Å². The van der Waals surface area contributed by atoms with Gasteiger partial charge in [-0.25, -0.2) is 4.79 Å². The molecule has 0 unspecified atom stereocenters. The number of amides is 3. The fourth-order valence-electron chi connectivity index (χ4n) is 2.40. The van der Waals surface area contributed by atoms with Crippen molar-refractivity contribution < 1.29 is 13.9 Å². The van der Waals surface area contributed by atoms with Crippen LogP contribution in [0.1, 0.15) is 30.0 Å². The third-order valence-electron chi connectivity index (χ3n) is 3.36. The number of carbonyl (C=O) groups is 2. The van der Waals surface area contributed by atoms with Gasteiger partial charge in [-0.3, -0.25) is 4.79 Å². The molecule has 2 aliphatic heterocycles. The molecule has 6 heteroatoms. The molecule has 2 heterocycles. The molecule has 2 rings (SSSR count). The van der Waals surface area contributed by atoms with Crippen molar-refractivity contribution in [2.75, 3.05) is 12.8 Å². The SMILES string of the molecule is CNC(=O)CCCC[C@@H]1SC[C@@H]2NC(=O)N[C@@H]21.[HH].[HH].[HH]. The average Bonchev–Trinajstić information content (AvgIpc) is 2.84. The molecule has 0 radical (unpaired) electrons. The minimum absolute atomic E-state index is 0. The van der Waals surface area contributed by atoms with E-state index in [2.05, 4.69) is 16.0 Å². The van der Waals surface area contributed by atoms with Crippen molar-refractivity contribution in [1.82, 2.24) is 16.0 Å². The molecule has 2 saturated heterocycles. The highest BCUT2D eigenvalue weighted by Gasteiger charge is 2.42. The first-order valence-electron chi connectivity index (χ1n) is 6.10. The third kappa shape index (κ3) is 3.06. The molecule has 0 spiro atoms. The van der Waals surface area contributed by atoms with E-state index in [-0.39, 0.29) is 22.3 Å². The Morgan fingerprint density at radius 3 is 3.12 bits per heavy atom. The zero-order chi connectivity index (χ0) is 12.3. The Hall–Kier alpha value is -0.910. The van der Waals surface area contributed by atoms with E-state index >= 15 is 0 Å². The predicted molar refractivity (Wildman–Crippen MR) is 74.4 cm³/mol. The lowest BCUT2D eigenvalue weighted by Gasteiger charge is -2.16. The maximum Gasteiger partial charge on any atom is 0.315 e. The summed E-state index contributed by atoms with van der Waals surface area (Å²) in [4.78, 5) is 22.2. The first kappa shape index (κ1) is 12.5. The summed E-state index contributed by atoms with van der Waals surface area (Å²) in [6.07, 6.45) is 3.65. The topological polar surface area (TPSA) is 70.2 Å². The van der Waals surface area contributed by atoms with E-state index in [0.29, 0.717) is 17.7 Å². The molecule has 102 valence electrons. The molecule has 17 heavy (non-hydrogen) atoms. The minimum Gasteiger partial charge on any atom is -0.359 e. The van der Waals surface area contributed by atoms with Gasteiger partial charge in [0.15, 0.2) is 0 Å². The monoisotopic (exact) mass is 263 g/mol. The molecule has 3 N–H and O–H groups in total. The van der Waals surface area contributed by atoms with Gasteiger partial charge in [-0.1, -0.05) is 6.42 Å². The highest BCUT2D eigenvalue weighted by molar-refractivity contribution is 8.00. The van der Waals surface area contributed by atoms with Crippen LogP contribution >= 0.6 is 11.8 Å².